The predicted octanol–water partition coefficient (Wildman–Crippen LogP) is 3.65. The van der Waals surface area contributed by atoms with E-state index in [4.69, 9.17) is 4.52 Å². The van der Waals surface area contributed by atoms with E-state index in [1.54, 1.807) is 28.4 Å². The van der Waals surface area contributed by atoms with Gasteiger partial charge in [0.05, 0.1) is 29.0 Å². The van der Waals surface area contributed by atoms with Crippen LogP contribution in [0.2, 0.25) is 0 Å². The van der Waals surface area contributed by atoms with E-state index in [-0.39, 0.29) is 5.91 Å². The van der Waals surface area contributed by atoms with Crippen molar-refractivity contribution in [2.45, 2.75) is 25.8 Å². The number of fused-ring (bicyclic) bond motifs is 1. The number of amides is 1. The van der Waals surface area contributed by atoms with Gasteiger partial charge >= 0.3 is 0 Å². The first kappa shape index (κ1) is 19.2. The monoisotopic (exact) mass is 433 g/mol. The van der Waals surface area contributed by atoms with Crippen molar-refractivity contribution in [3.8, 4) is 10.7 Å². The lowest BCUT2D eigenvalue weighted by molar-refractivity contribution is -0.116. The zero-order chi connectivity index (χ0) is 21.0. The number of carbonyl (C=O) groups is 1. The quantitative estimate of drug-likeness (QED) is 0.401. The molecule has 0 fully saturated rings. The highest BCUT2D eigenvalue weighted by Gasteiger charge is 2.11. The molecule has 0 aliphatic rings. The van der Waals surface area contributed by atoms with Crippen LogP contribution in [-0.4, -0.2) is 35.2 Å². The molecule has 9 nitrogen and oxygen atoms in total. The lowest BCUT2D eigenvalue weighted by Crippen LogP contribution is -2.11. The SMILES string of the molecule is O=C(CCCc1nc(-c2cccs2)no1)Nc1cnn(Cc2cn3ccccc3n2)c1. The normalized spacial score (nSPS) is 11.2. The fourth-order valence-corrected chi connectivity index (χ4v) is 3.88. The maximum absolute atomic E-state index is 12.3. The van der Waals surface area contributed by atoms with Gasteiger partial charge in [0.1, 0.15) is 5.65 Å². The van der Waals surface area contributed by atoms with Crippen molar-refractivity contribution >= 4 is 28.6 Å². The molecule has 1 amide bonds. The first-order valence-electron chi connectivity index (χ1n) is 9.84. The molecule has 10 heteroatoms. The smallest absolute Gasteiger partial charge is 0.226 e. The van der Waals surface area contributed by atoms with Crippen LogP contribution < -0.4 is 5.32 Å². The number of thiophene rings is 1. The summed E-state index contributed by atoms with van der Waals surface area (Å²) in [5, 5.41) is 13.1. The van der Waals surface area contributed by atoms with Gasteiger partial charge in [-0.2, -0.15) is 10.1 Å². The molecule has 0 unspecified atom stereocenters. The zero-order valence-electron chi connectivity index (χ0n) is 16.5. The summed E-state index contributed by atoms with van der Waals surface area (Å²) < 4.78 is 8.98. The molecule has 0 aliphatic carbocycles. The molecule has 0 atom stereocenters. The van der Waals surface area contributed by atoms with Crippen molar-refractivity contribution < 1.29 is 9.32 Å². The van der Waals surface area contributed by atoms with Gasteiger partial charge in [0.15, 0.2) is 0 Å². The van der Waals surface area contributed by atoms with Crippen molar-refractivity contribution in [3.63, 3.8) is 0 Å². The number of hydrogen-bond donors (Lipinski definition) is 1. The summed E-state index contributed by atoms with van der Waals surface area (Å²) in [6, 6.07) is 9.76. The van der Waals surface area contributed by atoms with E-state index in [9.17, 15) is 4.79 Å². The highest BCUT2D eigenvalue weighted by Crippen LogP contribution is 2.21. The lowest BCUT2D eigenvalue weighted by atomic mass is 10.2. The molecule has 31 heavy (non-hydrogen) atoms. The number of carbonyl (C=O) groups excluding carboxylic acids is 1. The molecule has 5 rings (SSSR count). The van der Waals surface area contributed by atoms with E-state index in [0.717, 1.165) is 16.2 Å². The first-order chi connectivity index (χ1) is 15.2. The van der Waals surface area contributed by atoms with E-state index < -0.39 is 0 Å². The number of anilines is 1. The van der Waals surface area contributed by atoms with Crippen molar-refractivity contribution in [1.82, 2.24) is 29.3 Å². The van der Waals surface area contributed by atoms with Gasteiger partial charge in [-0.25, -0.2) is 4.98 Å². The number of pyridine rings is 1. The number of aromatic nitrogens is 6. The Morgan fingerprint density at radius 1 is 1.16 bits per heavy atom. The van der Waals surface area contributed by atoms with E-state index in [0.29, 0.717) is 43.2 Å². The number of imidazole rings is 1. The first-order valence-corrected chi connectivity index (χ1v) is 10.7. The zero-order valence-corrected chi connectivity index (χ0v) is 17.3. The van der Waals surface area contributed by atoms with Crippen LogP contribution in [0.25, 0.3) is 16.3 Å². The minimum Gasteiger partial charge on any atom is -0.339 e. The van der Waals surface area contributed by atoms with E-state index in [1.807, 2.05) is 52.5 Å². The summed E-state index contributed by atoms with van der Waals surface area (Å²) in [6.45, 7) is 0.529. The Balaban J connectivity index is 1.10. The molecule has 5 heterocycles. The fraction of sp³-hybridized carbons (Fsp3) is 0.190. The number of nitrogens with one attached hydrogen (secondary N) is 1. The fourth-order valence-electron chi connectivity index (χ4n) is 3.23. The maximum atomic E-state index is 12.3. The van der Waals surface area contributed by atoms with Crippen LogP contribution in [0.3, 0.4) is 0 Å². The third-order valence-corrected chi connectivity index (χ3v) is 5.52. The average molecular weight is 433 g/mol. The lowest BCUT2D eigenvalue weighted by Gasteiger charge is -2.01. The minimum atomic E-state index is -0.0784. The van der Waals surface area contributed by atoms with Crippen molar-refractivity contribution in [2.24, 2.45) is 0 Å². The molecule has 156 valence electrons. The van der Waals surface area contributed by atoms with Crippen molar-refractivity contribution in [3.05, 3.63) is 72.1 Å². The largest absolute Gasteiger partial charge is 0.339 e. The molecule has 0 saturated heterocycles. The van der Waals surface area contributed by atoms with Gasteiger partial charge in [-0.1, -0.05) is 17.3 Å². The topological polar surface area (TPSA) is 103 Å². The summed E-state index contributed by atoms with van der Waals surface area (Å²) in [7, 11) is 0. The summed E-state index contributed by atoms with van der Waals surface area (Å²) in [6.07, 6.45) is 8.89. The predicted molar refractivity (Wildman–Crippen MR) is 116 cm³/mol. The summed E-state index contributed by atoms with van der Waals surface area (Å²) >= 11 is 1.56. The van der Waals surface area contributed by atoms with Crippen LogP contribution >= 0.6 is 11.3 Å². The second-order valence-corrected chi connectivity index (χ2v) is 7.96. The van der Waals surface area contributed by atoms with Gasteiger partial charge in [-0.3, -0.25) is 9.48 Å². The molecule has 0 aromatic carbocycles. The van der Waals surface area contributed by atoms with Gasteiger partial charge in [0.2, 0.25) is 17.6 Å². The summed E-state index contributed by atoms with van der Waals surface area (Å²) in [5.74, 6) is 1.05. The molecule has 5 aromatic heterocycles. The Kier molecular flexibility index (Phi) is 5.28. The van der Waals surface area contributed by atoms with Gasteiger partial charge in [-0.05, 0) is 30.0 Å². The van der Waals surface area contributed by atoms with Gasteiger partial charge in [-0.15, -0.1) is 11.3 Å². The molecular weight excluding hydrogens is 414 g/mol. The van der Waals surface area contributed by atoms with Crippen molar-refractivity contribution in [2.75, 3.05) is 5.32 Å². The van der Waals surface area contributed by atoms with Crippen LogP contribution in [0.4, 0.5) is 5.69 Å². The molecule has 0 aliphatic heterocycles. The Morgan fingerprint density at radius 2 is 2.13 bits per heavy atom. The van der Waals surface area contributed by atoms with Gasteiger partial charge < -0.3 is 14.2 Å². The second kappa shape index (κ2) is 8.52. The molecular formula is C21H19N7O2S. The molecule has 1 N–H and O–H groups in total. The Morgan fingerprint density at radius 3 is 3.00 bits per heavy atom. The number of rotatable bonds is 8. The van der Waals surface area contributed by atoms with E-state index in [2.05, 4.69) is 25.5 Å². The number of aryl methyl sites for hydroxylation is 1. The van der Waals surface area contributed by atoms with Gasteiger partial charge in [0, 0.05) is 31.4 Å². The Bertz CT molecular complexity index is 1270. The standard InChI is InChI=1S/C21H19N7O2S/c29-19(7-3-8-20-25-21(26-30-20)17-5-4-10-31-17)24-15-11-22-28(13-15)14-16-12-27-9-2-1-6-18(27)23-16/h1-2,4-6,9-13H,3,7-8,14H2,(H,24,29). The van der Waals surface area contributed by atoms with Crippen LogP contribution in [0.15, 0.2) is 65.0 Å². The molecule has 0 radical (unpaired) electrons. The van der Waals surface area contributed by atoms with E-state index in [1.165, 1.54) is 0 Å². The highest BCUT2D eigenvalue weighted by molar-refractivity contribution is 7.13. The molecule has 0 bridgehead atoms. The van der Waals surface area contributed by atoms with Crippen LogP contribution in [-0.2, 0) is 17.8 Å². The van der Waals surface area contributed by atoms with Gasteiger partial charge in [0.25, 0.3) is 0 Å². The number of hydrogen-bond acceptors (Lipinski definition) is 7. The maximum Gasteiger partial charge on any atom is 0.226 e. The third-order valence-electron chi connectivity index (χ3n) is 4.66. The Hall–Kier alpha value is -3.79. The number of nitrogens with zero attached hydrogens (tertiary/aromatic N) is 6. The van der Waals surface area contributed by atoms with Crippen molar-refractivity contribution in [1.29, 1.82) is 0 Å². The van der Waals surface area contributed by atoms with Crippen LogP contribution in [0.1, 0.15) is 24.4 Å². The van der Waals surface area contributed by atoms with E-state index >= 15 is 0 Å². The minimum absolute atomic E-state index is 0.0784. The van der Waals surface area contributed by atoms with Crippen LogP contribution in [0, 0.1) is 0 Å². The Labute approximate surface area is 181 Å². The summed E-state index contributed by atoms with van der Waals surface area (Å²) in [5.41, 5.74) is 2.45. The average Bonchev–Trinajstić information content (AvgIpc) is 3.55. The third kappa shape index (κ3) is 4.53. The van der Waals surface area contributed by atoms with Crippen LogP contribution in [0.5, 0.6) is 0 Å². The second-order valence-electron chi connectivity index (χ2n) is 7.02. The summed E-state index contributed by atoms with van der Waals surface area (Å²) in [4.78, 5) is 22.2. The molecule has 5 aromatic rings. The molecule has 0 saturated carbocycles. The highest BCUT2D eigenvalue weighted by atomic mass is 32.1. The molecule has 0 spiro atoms.